The molecule has 0 unspecified atom stereocenters. The second kappa shape index (κ2) is 6.57. The van der Waals surface area contributed by atoms with Crippen molar-refractivity contribution >= 4 is 25.8 Å². The molecule has 0 heterocycles. The van der Waals surface area contributed by atoms with E-state index in [1.165, 1.54) is 11.8 Å². The van der Waals surface area contributed by atoms with Crippen LogP contribution >= 0.6 is 15.9 Å². The van der Waals surface area contributed by atoms with Gasteiger partial charge in [-0.2, -0.15) is 0 Å². The van der Waals surface area contributed by atoms with Crippen LogP contribution in [0.25, 0.3) is 0 Å². The van der Waals surface area contributed by atoms with Crippen LogP contribution in [0.4, 0.5) is 0 Å². The van der Waals surface area contributed by atoms with E-state index < -0.39 is 9.84 Å². The van der Waals surface area contributed by atoms with Gasteiger partial charge in [0.05, 0.1) is 12.4 Å². The summed E-state index contributed by atoms with van der Waals surface area (Å²) >= 11 is 3.43. The first-order chi connectivity index (χ1) is 8.33. The van der Waals surface area contributed by atoms with Gasteiger partial charge < -0.3 is 4.74 Å². The molecule has 0 N–H and O–H groups in total. The van der Waals surface area contributed by atoms with Gasteiger partial charge in [0.2, 0.25) is 0 Å². The Kier molecular flexibility index (Phi) is 5.66. The molecule has 0 amide bonds. The van der Waals surface area contributed by atoms with Crippen LogP contribution in [-0.4, -0.2) is 27.0 Å². The third kappa shape index (κ3) is 4.98. The first-order valence-corrected chi connectivity index (χ1v) is 8.98. The number of ether oxygens (including phenoxy) is 1. The minimum Gasteiger partial charge on any atom is -0.493 e. The molecule has 0 saturated heterocycles. The molecule has 1 aromatic rings. The average molecular weight is 335 g/mol. The summed E-state index contributed by atoms with van der Waals surface area (Å²) in [5, 5.41) is 0.822. The van der Waals surface area contributed by atoms with Crippen molar-refractivity contribution in [1.29, 1.82) is 0 Å². The van der Waals surface area contributed by atoms with E-state index in [9.17, 15) is 8.42 Å². The largest absolute Gasteiger partial charge is 0.493 e. The van der Waals surface area contributed by atoms with Gasteiger partial charge in [-0.3, -0.25) is 0 Å². The maximum atomic E-state index is 11.0. The van der Waals surface area contributed by atoms with Crippen molar-refractivity contribution in [2.24, 2.45) is 0 Å². The highest BCUT2D eigenvalue weighted by Gasteiger charge is 2.07. The van der Waals surface area contributed by atoms with Gasteiger partial charge >= 0.3 is 0 Å². The Morgan fingerprint density at radius 2 is 1.78 bits per heavy atom. The molecular formula is C13H19BrO3S. The molecule has 3 nitrogen and oxygen atoms in total. The van der Waals surface area contributed by atoms with Gasteiger partial charge in [-0.1, -0.05) is 28.1 Å². The summed E-state index contributed by atoms with van der Waals surface area (Å²) in [5.74, 6) is 1.04. The average Bonchev–Trinajstić information content (AvgIpc) is 2.25. The van der Waals surface area contributed by atoms with Crippen molar-refractivity contribution in [3.63, 3.8) is 0 Å². The second-order valence-electron chi connectivity index (χ2n) is 4.52. The molecule has 1 rings (SSSR count). The Morgan fingerprint density at radius 1 is 1.22 bits per heavy atom. The van der Waals surface area contributed by atoms with Crippen LogP contribution < -0.4 is 4.74 Å². The molecule has 0 fully saturated rings. The van der Waals surface area contributed by atoms with Crippen LogP contribution in [0.1, 0.15) is 23.1 Å². The van der Waals surface area contributed by atoms with Crippen molar-refractivity contribution in [2.75, 3.05) is 18.6 Å². The summed E-state index contributed by atoms with van der Waals surface area (Å²) < 4.78 is 27.7. The standard InChI is InChI=1S/C13H19BrO3S/c1-10-7-12(9-14)8-11(2)13(10)17-5-4-6-18(3,15)16/h7-8H,4-6,9H2,1-3H3. The quantitative estimate of drug-likeness (QED) is 0.593. The van der Waals surface area contributed by atoms with Gasteiger partial charge in [0, 0.05) is 11.6 Å². The van der Waals surface area contributed by atoms with Crippen LogP contribution in [0.2, 0.25) is 0 Å². The van der Waals surface area contributed by atoms with Crippen molar-refractivity contribution in [1.82, 2.24) is 0 Å². The van der Waals surface area contributed by atoms with E-state index in [-0.39, 0.29) is 5.75 Å². The summed E-state index contributed by atoms with van der Waals surface area (Å²) in [6.07, 6.45) is 1.77. The molecule has 0 aliphatic rings. The number of alkyl halides is 1. The fraction of sp³-hybridized carbons (Fsp3) is 0.538. The van der Waals surface area contributed by atoms with Crippen LogP contribution in [0, 0.1) is 13.8 Å². The molecule has 0 saturated carbocycles. The molecule has 102 valence electrons. The molecule has 0 atom stereocenters. The number of aryl methyl sites for hydroxylation is 2. The summed E-state index contributed by atoms with van der Waals surface area (Å²) in [4.78, 5) is 0. The van der Waals surface area contributed by atoms with Gasteiger partial charge in [0.15, 0.2) is 0 Å². The van der Waals surface area contributed by atoms with Gasteiger partial charge in [0.25, 0.3) is 0 Å². The van der Waals surface area contributed by atoms with Crippen molar-refractivity contribution < 1.29 is 13.2 Å². The zero-order valence-electron chi connectivity index (χ0n) is 11.0. The number of benzene rings is 1. The first kappa shape index (κ1) is 15.5. The van der Waals surface area contributed by atoms with E-state index >= 15 is 0 Å². The van der Waals surface area contributed by atoms with Crippen LogP contribution in [0.5, 0.6) is 5.75 Å². The third-order valence-corrected chi connectivity index (χ3v) is 4.26. The smallest absolute Gasteiger partial charge is 0.147 e. The SMILES string of the molecule is Cc1cc(CBr)cc(C)c1OCCCS(C)(=O)=O. The zero-order valence-corrected chi connectivity index (χ0v) is 13.4. The van der Waals surface area contributed by atoms with Gasteiger partial charge in [-0.05, 0) is 37.0 Å². The van der Waals surface area contributed by atoms with E-state index in [1.807, 2.05) is 13.8 Å². The second-order valence-corrected chi connectivity index (χ2v) is 7.34. The summed E-state index contributed by atoms with van der Waals surface area (Å²) in [7, 11) is -2.90. The molecule has 5 heteroatoms. The molecule has 0 radical (unpaired) electrons. The monoisotopic (exact) mass is 334 g/mol. The molecule has 0 aliphatic heterocycles. The number of hydrogen-bond acceptors (Lipinski definition) is 3. The topological polar surface area (TPSA) is 43.4 Å². The minimum atomic E-state index is -2.90. The summed E-state index contributed by atoms with van der Waals surface area (Å²) in [6, 6.07) is 4.15. The van der Waals surface area contributed by atoms with Crippen molar-refractivity contribution in [2.45, 2.75) is 25.6 Å². The molecule has 0 spiro atoms. The van der Waals surface area contributed by atoms with Gasteiger partial charge in [-0.25, -0.2) is 8.42 Å². The predicted molar refractivity (Wildman–Crippen MR) is 78.4 cm³/mol. The van der Waals surface area contributed by atoms with E-state index in [0.717, 1.165) is 22.2 Å². The lowest BCUT2D eigenvalue weighted by atomic mass is 10.1. The number of halogens is 1. The molecule has 0 aromatic heterocycles. The maximum Gasteiger partial charge on any atom is 0.147 e. The normalized spacial score (nSPS) is 11.6. The fourth-order valence-corrected chi connectivity index (χ4v) is 2.81. The molecule has 0 bridgehead atoms. The number of sulfone groups is 1. The predicted octanol–water partition coefficient (Wildman–Crippen LogP) is 3.01. The lowest BCUT2D eigenvalue weighted by Gasteiger charge is -2.13. The van der Waals surface area contributed by atoms with E-state index in [4.69, 9.17) is 4.74 Å². The Labute approximate surface area is 118 Å². The maximum absolute atomic E-state index is 11.0. The van der Waals surface area contributed by atoms with Gasteiger partial charge in [-0.15, -0.1) is 0 Å². The highest BCUT2D eigenvalue weighted by Crippen LogP contribution is 2.25. The third-order valence-electron chi connectivity index (χ3n) is 2.58. The number of hydrogen-bond donors (Lipinski definition) is 0. The van der Waals surface area contributed by atoms with Crippen LogP contribution in [0.3, 0.4) is 0 Å². The highest BCUT2D eigenvalue weighted by molar-refractivity contribution is 9.08. The Morgan fingerprint density at radius 3 is 2.22 bits per heavy atom. The molecular weight excluding hydrogens is 316 g/mol. The minimum absolute atomic E-state index is 0.171. The lowest BCUT2D eigenvalue weighted by molar-refractivity contribution is 0.313. The highest BCUT2D eigenvalue weighted by atomic mass is 79.9. The van der Waals surface area contributed by atoms with E-state index in [2.05, 4.69) is 28.1 Å². The van der Waals surface area contributed by atoms with E-state index in [0.29, 0.717) is 13.0 Å². The van der Waals surface area contributed by atoms with E-state index in [1.54, 1.807) is 0 Å². The number of rotatable bonds is 6. The van der Waals surface area contributed by atoms with Crippen molar-refractivity contribution in [3.05, 3.63) is 28.8 Å². The summed E-state index contributed by atoms with van der Waals surface area (Å²) in [6.45, 7) is 4.44. The van der Waals surface area contributed by atoms with Crippen LogP contribution in [-0.2, 0) is 15.2 Å². The molecule has 0 aliphatic carbocycles. The fourth-order valence-electron chi connectivity index (χ4n) is 1.84. The Hall–Kier alpha value is -0.550. The van der Waals surface area contributed by atoms with Gasteiger partial charge in [0.1, 0.15) is 15.6 Å². The Bertz CT molecular complexity index is 486. The van der Waals surface area contributed by atoms with Crippen molar-refractivity contribution in [3.8, 4) is 5.75 Å². The first-order valence-electron chi connectivity index (χ1n) is 5.80. The lowest BCUT2D eigenvalue weighted by Crippen LogP contribution is -2.09. The summed E-state index contributed by atoms with van der Waals surface area (Å²) in [5.41, 5.74) is 3.39. The Balaban J connectivity index is 2.63. The van der Waals surface area contributed by atoms with Crippen LogP contribution in [0.15, 0.2) is 12.1 Å². The zero-order chi connectivity index (χ0) is 13.8. The molecule has 1 aromatic carbocycles. The molecule has 18 heavy (non-hydrogen) atoms.